The molecular formula is C13H13FN2O2S. The van der Waals surface area contributed by atoms with Crippen LogP contribution < -0.4 is 5.32 Å². The third kappa shape index (κ3) is 3.59. The van der Waals surface area contributed by atoms with Gasteiger partial charge in [-0.25, -0.2) is 4.39 Å². The molecule has 19 heavy (non-hydrogen) atoms. The summed E-state index contributed by atoms with van der Waals surface area (Å²) in [5.41, 5.74) is 0.979. The highest BCUT2D eigenvalue weighted by atomic mass is 32.1. The molecule has 1 atom stereocenters. The summed E-state index contributed by atoms with van der Waals surface area (Å²) < 4.78 is 12.8. The molecule has 1 heterocycles. The first-order valence-electron chi connectivity index (χ1n) is 5.78. The molecule has 100 valence electrons. The number of thiophene rings is 1. The Morgan fingerprint density at radius 1 is 1.32 bits per heavy atom. The lowest BCUT2D eigenvalue weighted by Crippen LogP contribution is -2.17. The van der Waals surface area contributed by atoms with Crippen LogP contribution in [0.1, 0.15) is 23.4 Å². The van der Waals surface area contributed by atoms with Crippen LogP contribution in [-0.4, -0.2) is 4.92 Å². The van der Waals surface area contributed by atoms with E-state index in [9.17, 15) is 14.5 Å². The summed E-state index contributed by atoms with van der Waals surface area (Å²) in [6.07, 6.45) is 0. The van der Waals surface area contributed by atoms with Gasteiger partial charge >= 0.3 is 5.00 Å². The van der Waals surface area contributed by atoms with Crippen LogP contribution >= 0.6 is 11.3 Å². The van der Waals surface area contributed by atoms with Crippen molar-refractivity contribution in [3.05, 3.63) is 62.8 Å². The number of hydrogen-bond acceptors (Lipinski definition) is 4. The van der Waals surface area contributed by atoms with E-state index in [1.165, 1.54) is 18.2 Å². The Morgan fingerprint density at radius 2 is 2.00 bits per heavy atom. The van der Waals surface area contributed by atoms with E-state index < -0.39 is 4.92 Å². The van der Waals surface area contributed by atoms with E-state index >= 15 is 0 Å². The molecule has 0 radical (unpaired) electrons. The second-order valence-corrected chi connectivity index (χ2v) is 5.30. The number of nitrogens with zero attached hydrogens (tertiary/aromatic N) is 1. The van der Waals surface area contributed by atoms with Crippen molar-refractivity contribution in [2.24, 2.45) is 0 Å². The van der Waals surface area contributed by atoms with Crippen LogP contribution in [0.25, 0.3) is 0 Å². The maximum absolute atomic E-state index is 12.8. The van der Waals surface area contributed by atoms with Crippen LogP contribution in [0.3, 0.4) is 0 Å². The molecule has 6 heteroatoms. The average Bonchev–Trinajstić information content (AvgIpc) is 2.86. The molecule has 2 rings (SSSR count). The van der Waals surface area contributed by atoms with Gasteiger partial charge in [0, 0.05) is 23.5 Å². The third-order valence-electron chi connectivity index (χ3n) is 2.78. The Labute approximate surface area is 114 Å². The Hall–Kier alpha value is -1.79. The molecule has 0 amide bonds. The molecule has 1 unspecified atom stereocenters. The van der Waals surface area contributed by atoms with Crippen LogP contribution in [0.15, 0.2) is 36.4 Å². The van der Waals surface area contributed by atoms with E-state index in [4.69, 9.17) is 0 Å². The first-order valence-corrected chi connectivity index (χ1v) is 6.60. The maximum Gasteiger partial charge on any atom is 0.324 e. The van der Waals surface area contributed by atoms with E-state index in [1.54, 1.807) is 18.2 Å². The predicted octanol–water partition coefficient (Wildman–Crippen LogP) is 3.65. The second-order valence-electron chi connectivity index (χ2n) is 4.15. The van der Waals surface area contributed by atoms with Crippen molar-refractivity contribution >= 4 is 16.3 Å². The van der Waals surface area contributed by atoms with Crippen LogP contribution in [0, 0.1) is 15.9 Å². The lowest BCUT2D eigenvalue weighted by Gasteiger charge is -2.13. The minimum Gasteiger partial charge on any atom is -0.305 e. The molecule has 0 bridgehead atoms. The fraction of sp³-hybridized carbons (Fsp3) is 0.231. The fourth-order valence-corrected chi connectivity index (χ4v) is 2.45. The highest BCUT2D eigenvalue weighted by Gasteiger charge is 2.11. The lowest BCUT2D eigenvalue weighted by atomic mass is 10.1. The SMILES string of the molecule is CC(NCc1ccc([N+](=O)[O-])s1)c1ccc(F)cc1. The normalized spacial score (nSPS) is 12.3. The summed E-state index contributed by atoms with van der Waals surface area (Å²) in [5.74, 6) is -0.259. The molecule has 0 aliphatic heterocycles. The van der Waals surface area contributed by atoms with E-state index in [1.807, 2.05) is 6.92 Å². The molecule has 0 fully saturated rings. The van der Waals surface area contributed by atoms with Crippen molar-refractivity contribution in [2.45, 2.75) is 19.5 Å². The predicted molar refractivity (Wildman–Crippen MR) is 72.6 cm³/mol. The summed E-state index contributed by atoms with van der Waals surface area (Å²) in [4.78, 5) is 11.1. The summed E-state index contributed by atoms with van der Waals surface area (Å²) in [5, 5.41) is 14.0. The van der Waals surface area contributed by atoms with Crippen molar-refractivity contribution in [3.8, 4) is 0 Å². The number of halogens is 1. The van der Waals surface area contributed by atoms with E-state index in [0.717, 1.165) is 21.8 Å². The number of benzene rings is 1. The zero-order chi connectivity index (χ0) is 13.8. The molecular weight excluding hydrogens is 267 g/mol. The highest BCUT2D eigenvalue weighted by Crippen LogP contribution is 2.24. The average molecular weight is 280 g/mol. The molecule has 0 saturated heterocycles. The molecule has 0 aliphatic rings. The molecule has 1 aromatic heterocycles. The standard InChI is InChI=1S/C13H13FN2O2S/c1-9(10-2-4-11(14)5-3-10)15-8-12-6-7-13(19-12)16(17)18/h2-7,9,15H,8H2,1H3. The first-order chi connectivity index (χ1) is 9.06. The maximum atomic E-state index is 12.8. The fourth-order valence-electron chi connectivity index (χ4n) is 1.68. The van der Waals surface area contributed by atoms with Crippen molar-refractivity contribution < 1.29 is 9.31 Å². The van der Waals surface area contributed by atoms with Crippen molar-refractivity contribution in [3.63, 3.8) is 0 Å². The molecule has 4 nitrogen and oxygen atoms in total. The van der Waals surface area contributed by atoms with Gasteiger partial charge in [0.15, 0.2) is 0 Å². The Kier molecular flexibility index (Phi) is 4.24. The molecule has 0 saturated carbocycles. The van der Waals surface area contributed by atoms with Crippen LogP contribution in [0.4, 0.5) is 9.39 Å². The largest absolute Gasteiger partial charge is 0.324 e. The topological polar surface area (TPSA) is 55.2 Å². The van der Waals surface area contributed by atoms with Crippen molar-refractivity contribution in [2.75, 3.05) is 0 Å². The van der Waals surface area contributed by atoms with Gasteiger partial charge in [0.25, 0.3) is 0 Å². The van der Waals surface area contributed by atoms with Crippen molar-refractivity contribution in [1.29, 1.82) is 0 Å². The molecule has 0 aliphatic carbocycles. The zero-order valence-electron chi connectivity index (χ0n) is 10.3. The summed E-state index contributed by atoms with van der Waals surface area (Å²) in [7, 11) is 0. The van der Waals surface area contributed by atoms with Gasteiger partial charge in [-0.15, -0.1) is 0 Å². The quantitative estimate of drug-likeness (QED) is 0.672. The highest BCUT2D eigenvalue weighted by molar-refractivity contribution is 7.15. The van der Waals surface area contributed by atoms with E-state index in [2.05, 4.69) is 5.32 Å². The molecule has 1 N–H and O–H groups in total. The summed E-state index contributed by atoms with van der Waals surface area (Å²) in [6, 6.07) is 9.60. The van der Waals surface area contributed by atoms with Gasteiger partial charge in [0.2, 0.25) is 0 Å². The molecule has 1 aromatic carbocycles. The van der Waals surface area contributed by atoms with E-state index in [0.29, 0.717) is 6.54 Å². The Morgan fingerprint density at radius 3 is 2.58 bits per heavy atom. The number of nitro groups is 1. The minimum absolute atomic E-state index is 0.0572. The monoisotopic (exact) mass is 280 g/mol. The minimum atomic E-state index is -0.391. The summed E-state index contributed by atoms with van der Waals surface area (Å²) >= 11 is 1.16. The zero-order valence-corrected chi connectivity index (χ0v) is 11.1. The summed E-state index contributed by atoms with van der Waals surface area (Å²) in [6.45, 7) is 2.52. The second kappa shape index (κ2) is 5.90. The van der Waals surface area contributed by atoms with Gasteiger partial charge in [-0.05, 0) is 30.7 Å². The number of nitrogens with one attached hydrogen (secondary N) is 1. The third-order valence-corrected chi connectivity index (χ3v) is 3.82. The van der Waals surface area contributed by atoms with Crippen LogP contribution in [0.5, 0.6) is 0 Å². The number of hydrogen-bond donors (Lipinski definition) is 1. The molecule has 0 spiro atoms. The van der Waals surface area contributed by atoms with Gasteiger partial charge in [-0.1, -0.05) is 23.5 Å². The van der Waals surface area contributed by atoms with Crippen molar-refractivity contribution in [1.82, 2.24) is 5.32 Å². The van der Waals surface area contributed by atoms with Crippen LogP contribution in [-0.2, 0) is 6.54 Å². The first kappa shape index (κ1) is 13.6. The lowest BCUT2D eigenvalue weighted by molar-refractivity contribution is -0.380. The van der Waals surface area contributed by atoms with Gasteiger partial charge < -0.3 is 5.32 Å². The smallest absolute Gasteiger partial charge is 0.305 e. The van der Waals surface area contributed by atoms with Gasteiger partial charge in [0.1, 0.15) is 5.82 Å². The van der Waals surface area contributed by atoms with Gasteiger partial charge in [0.05, 0.1) is 4.92 Å². The van der Waals surface area contributed by atoms with E-state index in [-0.39, 0.29) is 16.9 Å². The van der Waals surface area contributed by atoms with Crippen LogP contribution in [0.2, 0.25) is 0 Å². The Bertz CT molecular complexity index is 568. The molecule has 2 aromatic rings. The van der Waals surface area contributed by atoms with Gasteiger partial charge in [-0.2, -0.15) is 0 Å². The Balaban J connectivity index is 1.94. The number of rotatable bonds is 5. The van der Waals surface area contributed by atoms with Gasteiger partial charge in [-0.3, -0.25) is 10.1 Å².